The molecule has 0 atom stereocenters. The molecule has 172 valence electrons. The molecule has 0 fully saturated rings. The fourth-order valence-corrected chi connectivity index (χ4v) is 3.98. The minimum Gasteiger partial charge on any atom is -0.494 e. The molecule has 0 spiro atoms. The molecule has 8 nitrogen and oxygen atoms in total. The second kappa shape index (κ2) is 10.5. The van der Waals surface area contributed by atoms with Crippen LogP contribution < -0.4 is 20.1 Å². The molecule has 0 aliphatic carbocycles. The van der Waals surface area contributed by atoms with Crippen LogP contribution in [0.1, 0.15) is 5.56 Å². The van der Waals surface area contributed by atoms with Crippen molar-refractivity contribution >= 4 is 56.5 Å². The molecule has 3 aromatic carbocycles. The van der Waals surface area contributed by atoms with Gasteiger partial charge >= 0.3 is 0 Å². The molecule has 0 aliphatic heterocycles. The van der Waals surface area contributed by atoms with Crippen molar-refractivity contribution in [3.05, 3.63) is 78.4 Å². The van der Waals surface area contributed by atoms with Gasteiger partial charge in [-0.25, -0.2) is 18.1 Å². The number of halogens is 1. The van der Waals surface area contributed by atoms with Crippen molar-refractivity contribution in [2.24, 2.45) is 0 Å². The average molecular weight is 486 g/mol. The number of rotatable bonds is 8. The van der Waals surface area contributed by atoms with Gasteiger partial charge in [0.25, 0.3) is 0 Å². The summed E-state index contributed by atoms with van der Waals surface area (Å²) in [5.41, 5.74) is 2.98. The molecule has 33 heavy (non-hydrogen) atoms. The normalized spacial score (nSPS) is 11.0. The topological polar surface area (TPSA) is 105 Å². The van der Waals surface area contributed by atoms with Crippen molar-refractivity contribution in [1.29, 1.82) is 0 Å². The Balaban J connectivity index is 0.00000306. The first-order chi connectivity index (χ1) is 15.5. The van der Waals surface area contributed by atoms with Gasteiger partial charge in [-0.1, -0.05) is 36.4 Å². The summed E-state index contributed by atoms with van der Waals surface area (Å²) >= 11 is 0. The summed E-state index contributed by atoms with van der Waals surface area (Å²) in [4.78, 5) is 9.31. The molecule has 4 rings (SSSR count). The predicted molar refractivity (Wildman–Crippen MR) is 134 cm³/mol. The summed E-state index contributed by atoms with van der Waals surface area (Å²) in [5, 5.41) is 7.37. The highest BCUT2D eigenvalue weighted by atomic mass is 35.5. The second-order valence-corrected chi connectivity index (χ2v) is 8.95. The molecule has 10 heteroatoms. The highest BCUT2D eigenvalue weighted by Crippen LogP contribution is 2.31. The third kappa shape index (κ3) is 5.89. The van der Waals surface area contributed by atoms with Gasteiger partial charge in [0.15, 0.2) is 0 Å². The second-order valence-electron chi connectivity index (χ2n) is 7.03. The maximum absolute atomic E-state index is 11.8. The predicted octanol–water partition coefficient (Wildman–Crippen LogP) is 4.60. The Morgan fingerprint density at radius 1 is 0.848 bits per heavy atom. The molecule has 3 N–H and O–H groups in total. The van der Waals surface area contributed by atoms with Crippen molar-refractivity contribution in [3.8, 4) is 5.75 Å². The van der Waals surface area contributed by atoms with E-state index in [0.29, 0.717) is 28.6 Å². The fourth-order valence-electron chi connectivity index (χ4n) is 3.20. The van der Waals surface area contributed by atoms with Gasteiger partial charge in [-0.2, -0.15) is 4.98 Å². The smallest absolute Gasteiger partial charge is 0.229 e. The van der Waals surface area contributed by atoms with E-state index in [-0.39, 0.29) is 18.2 Å². The lowest BCUT2D eigenvalue weighted by atomic mass is 10.2. The summed E-state index contributed by atoms with van der Waals surface area (Å²) in [7, 11) is -0.325. The first-order valence-corrected chi connectivity index (χ1v) is 11.6. The number of fused-ring (bicyclic) bond motifs is 1. The summed E-state index contributed by atoms with van der Waals surface area (Å²) < 4.78 is 31.3. The number of nitrogens with zero attached hydrogens (tertiary/aromatic N) is 2. The van der Waals surface area contributed by atoms with Crippen LogP contribution in [0.5, 0.6) is 5.75 Å². The van der Waals surface area contributed by atoms with Crippen LogP contribution in [0.4, 0.5) is 23.1 Å². The molecule has 0 saturated heterocycles. The third-order valence-electron chi connectivity index (χ3n) is 4.82. The zero-order valence-electron chi connectivity index (χ0n) is 18.1. The van der Waals surface area contributed by atoms with Crippen LogP contribution >= 0.6 is 12.4 Å². The van der Waals surface area contributed by atoms with Crippen LogP contribution in [0.2, 0.25) is 0 Å². The number of nitrogens with one attached hydrogen (secondary N) is 3. The minimum atomic E-state index is -3.33. The third-order valence-corrected chi connectivity index (χ3v) is 6.16. The van der Waals surface area contributed by atoms with Crippen LogP contribution in [0, 0.1) is 0 Å². The van der Waals surface area contributed by atoms with Crippen molar-refractivity contribution in [2.75, 3.05) is 24.8 Å². The fraction of sp³-hybridized carbons (Fsp3) is 0.130. The Morgan fingerprint density at radius 2 is 1.55 bits per heavy atom. The van der Waals surface area contributed by atoms with E-state index < -0.39 is 10.0 Å². The van der Waals surface area contributed by atoms with Crippen LogP contribution in [-0.4, -0.2) is 32.5 Å². The van der Waals surface area contributed by atoms with E-state index in [4.69, 9.17) is 4.74 Å². The van der Waals surface area contributed by atoms with Gasteiger partial charge in [0.1, 0.15) is 17.1 Å². The summed E-state index contributed by atoms with van der Waals surface area (Å²) in [6, 6.07) is 22.5. The number of ether oxygens (including phenoxy) is 1. The van der Waals surface area contributed by atoms with Crippen LogP contribution in [0.3, 0.4) is 0 Å². The number of anilines is 4. The lowest BCUT2D eigenvalue weighted by molar-refractivity contribution is 0.419. The van der Waals surface area contributed by atoms with Crippen LogP contribution in [0.15, 0.2) is 72.8 Å². The molecule has 0 bridgehead atoms. The molecule has 0 unspecified atom stereocenters. The molecule has 4 aromatic rings. The number of hydrogen-bond donors (Lipinski definition) is 3. The Hall–Kier alpha value is -3.40. The Morgan fingerprint density at radius 3 is 2.21 bits per heavy atom. The lowest BCUT2D eigenvalue weighted by Gasteiger charge is -2.14. The Labute approximate surface area is 198 Å². The summed E-state index contributed by atoms with van der Waals surface area (Å²) in [6.07, 6.45) is 0. The maximum Gasteiger partial charge on any atom is 0.229 e. The zero-order chi connectivity index (χ0) is 22.6. The van der Waals surface area contributed by atoms with E-state index in [1.165, 1.54) is 7.05 Å². The van der Waals surface area contributed by atoms with Gasteiger partial charge in [-0.3, -0.25) is 0 Å². The number of methoxy groups -OCH3 is 1. The lowest BCUT2D eigenvalue weighted by Crippen LogP contribution is -2.20. The summed E-state index contributed by atoms with van der Waals surface area (Å²) in [6.45, 7) is 0. The molecular formula is C23H24ClN5O3S. The maximum atomic E-state index is 11.8. The first-order valence-electron chi connectivity index (χ1n) is 9.91. The monoisotopic (exact) mass is 485 g/mol. The highest BCUT2D eigenvalue weighted by Gasteiger charge is 2.13. The van der Waals surface area contributed by atoms with Crippen molar-refractivity contribution in [1.82, 2.24) is 14.7 Å². The molecule has 0 saturated carbocycles. The van der Waals surface area contributed by atoms with E-state index in [1.54, 1.807) is 31.4 Å². The van der Waals surface area contributed by atoms with E-state index >= 15 is 0 Å². The number of benzene rings is 3. The van der Waals surface area contributed by atoms with Crippen molar-refractivity contribution in [3.63, 3.8) is 0 Å². The van der Waals surface area contributed by atoms with Crippen molar-refractivity contribution < 1.29 is 13.2 Å². The van der Waals surface area contributed by atoms with Gasteiger partial charge in [0.2, 0.25) is 16.0 Å². The largest absolute Gasteiger partial charge is 0.494 e. The minimum absolute atomic E-state index is 0. The SMILES string of the molecule is CNS(=O)(=O)Cc1ccc(Nc2nc(Nc3ccccc3)c3cccc(OC)c3n2)cc1.Cl. The van der Waals surface area contributed by atoms with Gasteiger partial charge in [-0.15, -0.1) is 12.4 Å². The number of aromatic nitrogens is 2. The molecule has 1 aromatic heterocycles. The standard InChI is InChI=1S/C23H23N5O3S.ClH/c1-24-32(29,30)15-16-11-13-18(14-12-16)26-23-27-21-19(9-6-10-20(21)31-2)22(28-23)25-17-7-4-3-5-8-17;/h3-14,24H,15H2,1-2H3,(H2,25,26,27,28);1H. The Kier molecular flexibility index (Phi) is 7.70. The number of para-hydroxylation sites is 2. The van der Waals surface area contributed by atoms with E-state index in [0.717, 1.165) is 16.8 Å². The van der Waals surface area contributed by atoms with Crippen LogP contribution in [0.25, 0.3) is 10.9 Å². The van der Waals surface area contributed by atoms with Gasteiger partial charge in [-0.05, 0) is 49.0 Å². The highest BCUT2D eigenvalue weighted by molar-refractivity contribution is 7.88. The number of sulfonamides is 1. The molecular weight excluding hydrogens is 462 g/mol. The molecule has 1 heterocycles. The molecule has 0 amide bonds. The number of hydrogen-bond acceptors (Lipinski definition) is 7. The molecule has 0 aliphatic rings. The van der Waals surface area contributed by atoms with Gasteiger partial charge < -0.3 is 15.4 Å². The van der Waals surface area contributed by atoms with E-state index in [1.807, 2.05) is 48.5 Å². The Bertz CT molecular complexity index is 1330. The van der Waals surface area contributed by atoms with Crippen LogP contribution in [-0.2, 0) is 15.8 Å². The average Bonchev–Trinajstić information content (AvgIpc) is 2.80. The van der Waals surface area contributed by atoms with Gasteiger partial charge in [0.05, 0.1) is 12.9 Å². The van der Waals surface area contributed by atoms with E-state index in [9.17, 15) is 8.42 Å². The first kappa shape index (κ1) is 24.2. The molecule has 0 radical (unpaired) electrons. The zero-order valence-corrected chi connectivity index (χ0v) is 19.7. The van der Waals surface area contributed by atoms with Gasteiger partial charge in [0, 0.05) is 16.8 Å². The quantitative estimate of drug-likeness (QED) is 0.335. The van der Waals surface area contributed by atoms with E-state index in [2.05, 4.69) is 25.3 Å². The van der Waals surface area contributed by atoms with Crippen molar-refractivity contribution in [2.45, 2.75) is 5.75 Å². The summed E-state index contributed by atoms with van der Waals surface area (Å²) in [5.74, 6) is 1.57.